The van der Waals surface area contributed by atoms with Crippen LogP contribution < -0.4 is 5.56 Å². The van der Waals surface area contributed by atoms with Gasteiger partial charge in [0.25, 0.3) is 5.56 Å². The van der Waals surface area contributed by atoms with Crippen LogP contribution in [0.5, 0.6) is 0 Å². The average Bonchev–Trinajstić information content (AvgIpc) is 3.06. The van der Waals surface area contributed by atoms with Crippen molar-refractivity contribution < 1.29 is 0 Å². The van der Waals surface area contributed by atoms with Crippen LogP contribution in [0.4, 0.5) is 0 Å². The molecule has 3 heterocycles. The van der Waals surface area contributed by atoms with E-state index in [0.717, 1.165) is 32.1 Å². The largest absolute Gasteiger partial charge is 0.272 e. The lowest BCUT2D eigenvalue weighted by molar-refractivity contribution is 1.02. The smallest absolute Gasteiger partial charge is 0.267 e. The number of fused-ring (bicyclic) bond motifs is 1. The molecule has 0 aliphatic carbocycles. The van der Waals surface area contributed by atoms with Crippen LogP contribution in [-0.4, -0.2) is 15.2 Å². The third kappa shape index (κ3) is 2.45. The molecule has 3 aromatic heterocycles. The van der Waals surface area contributed by atoms with Crippen molar-refractivity contribution >= 4 is 22.1 Å². The Kier molecular flexibility index (Phi) is 3.28. The van der Waals surface area contributed by atoms with E-state index < -0.39 is 0 Å². The molecule has 1 aromatic carbocycles. The summed E-state index contributed by atoms with van der Waals surface area (Å²) >= 11 is 1.62. The highest BCUT2D eigenvalue weighted by atomic mass is 32.1. The number of pyridine rings is 1. The Morgan fingerprint density at radius 1 is 0.957 bits per heavy atom. The van der Waals surface area contributed by atoms with Gasteiger partial charge in [0.15, 0.2) is 0 Å². The summed E-state index contributed by atoms with van der Waals surface area (Å²) < 4.78 is 0. The first-order valence-electron chi connectivity index (χ1n) is 7.23. The van der Waals surface area contributed by atoms with Gasteiger partial charge >= 0.3 is 0 Å². The molecule has 4 rings (SSSR count). The van der Waals surface area contributed by atoms with E-state index in [1.165, 1.54) is 0 Å². The standard InChI is InChI=1S/C18H13N3OS/c1-11-6-7-14(19-10-11)15-8-9-16(23-15)17-12-4-2-3-5-13(12)18(22)21-20-17/h2-10H,1H3,(H,21,22). The molecule has 0 atom stereocenters. The predicted molar refractivity (Wildman–Crippen MR) is 93.6 cm³/mol. The maximum atomic E-state index is 11.9. The van der Waals surface area contributed by atoms with Crippen molar-refractivity contribution in [2.45, 2.75) is 6.92 Å². The first kappa shape index (κ1) is 13.8. The summed E-state index contributed by atoms with van der Waals surface area (Å²) in [5.41, 5.74) is 2.71. The average molecular weight is 319 g/mol. The van der Waals surface area contributed by atoms with Gasteiger partial charge in [0, 0.05) is 11.6 Å². The lowest BCUT2D eigenvalue weighted by Crippen LogP contribution is -2.08. The fourth-order valence-electron chi connectivity index (χ4n) is 2.52. The van der Waals surface area contributed by atoms with Gasteiger partial charge in [-0.2, -0.15) is 5.10 Å². The quantitative estimate of drug-likeness (QED) is 0.607. The van der Waals surface area contributed by atoms with Crippen LogP contribution in [0.3, 0.4) is 0 Å². The van der Waals surface area contributed by atoms with Gasteiger partial charge in [0.05, 0.1) is 20.8 Å². The van der Waals surface area contributed by atoms with Crippen molar-refractivity contribution in [3.8, 4) is 21.1 Å². The number of thiophene rings is 1. The van der Waals surface area contributed by atoms with E-state index in [1.54, 1.807) is 11.3 Å². The molecular formula is C18H13N3OS. The third-order valence-corrected chi connectivity index (χ3v) is 4.81. The second-order valence-corrected chi connectivity index (χ2v) is 6.42. The van der Waals surface area contributed by atoms with Crippen LogP contribution in [-0.2, 0) is 0 Å². The number of aromatic amines is 1. The van der Waals surface area contributed by atoms with Crippen molar-refractivity contribution in [1.29, 1.82) is 0 Å². The lowest BCUT2D eigenvalue weighted by Gasteiger charge is -2.02. The highest BCUT2D eigenvalue weighted by Gasteiger charge is 2.11. The number of H-pyrrole nitrogens is 1. The zero-order valence-corrected chi connectivity index (χ0v) is 13.2. The summed E-state index contributed by atoms with van der Waals surface area (Å²) in [5.74, 6) is 0. The first-order valence-corrected chi connectivity index (χ1v) is 8.05. The number of aromatic nitrogens is 3. The van der Waals surface area contributed by atoms with Gasteiger partial charge < -0.3 is 0 Å². The molecule has 0 saturated heterocycles. The van der Waals surface area contributed by atoms with E-state index in [4.69, 9.17) is 0 Å². The summed E-state index contributed by atoms with van der Waals surface area (Å²) in [6, 6.07) is 15.7. The zero-order valence-electron chi connectivity index (χ0n) is 12.4. The Morgan fingerprint density at radius 3 is 2.52 bits per heavy atom. The fraction of sp³-hybridized carbons (Fsp3) is 0.0556. The molecule has 23 heavy (non-hydrogen) atoms. The summed E-state index contributed by atoms with van der Waals surface area (Å²) in [5, 5.41) is 8.35. The number of aryl methyl sites for hydroxylation is 1. The van der Waals surface area contributed by atoms with E-state index >= 15 is 0 Å². The van der Waals surface area contributed by atoms with Crippen molar-refractivity contribution in [3.63, 3.8) is 0 Å². The molecule has 4 aromatic rings. The van der Waals surface area contributed by atoms with Crippen LogP contribution in [0.1, 0.15) is 5.56 Å². The molecule has 0 fully saturated rings. The van der Waals surface area contributed by atoms with E-state index in [0.29, 0.717) is 5.39 Å². The molecular weight excluding hydrogens is 306 g/mol. The number of hydrogen-bond acceptors (Lipinski definition) is 4. The van der Waals surface area contributed by atoms with Crippen LogP contribution in [0.25, 0.3) is 31.9 Å². The van der Waals surface area contributed by atoms with Crippen molar-refractivity contribution in [2.24, 2.45) is 0 Å². The Bertz CT molecular complexity index is 1050. The van der Waals surface area contributed by atoms with Gasteiger partial charge in [-0.05, 0) is 36.8 Å². The number of hydrogen-bond donors (Lipinski definition) is 1. The van der Waals surface area contributed by atoms with Crippen LogP contribution in [0, 0.1) is 6.92 Å². The summed E-state index contributed by atoms with van der Waals surface area (Å²) in [4.78, 5) is 18.5. The van der Waals surface area contributed by atoms with Crippen molar-refractivity contribution in [2.75, 3.05) is 0 Å². The summed E-state index contributed by atoms with van der Waals surface area (Å²) in [6.07, 6.45) is 1.86. The Morgan fingerprint density at radius 2 is 1.74 bits per heavy atom. The van der Waals surface area contributed by atoms with Crippen LogP contribution in [0.2, 0.25) is 0 Å². The van der Waals surface area contributed by atoms with Gasteiger partial charge in [-0.15, -0.1) is 11.3 Å². The van der Waals surface area contributed by atoms with Crippen molar-refractivity contribution in [1.82, 2.24) is 15.2 Å². The molecule has 112 valence electrons. The van der Waals surface area contributed by atoms with Crippen molar-refractivity contribution in [3.05, 3.63) is 70.6 Å². The van der Waals surface area contributed by atoms with Gasteiger partial charge in [-0.3, -0.25) is 9.78 Å². The first-order chi connectivity index (χ1) is 11.2. The molecule has 0 bridgehead atoms. The minimum absolute atomic E-state index is 0.165. The molecule has 0 radical (unpaired) electrons. The molecule has 0 amide bonds. The van der Waals surface area contributed by atoms with Gasteiger partial charge in [0.1, 0.15) is 5.69 Å². The molecule has 5 heteroatoms. The highest BCUT2D eigenvalue weighted by molar-refractivity contribution is 7.18. The molecule has 1 N–H and O–H groups in total. The van der Waals surface area contributed by atoms with E-state index in [-0.39, 0.29) is 5.56 Å². The monoisotopic (exact) mass is 319 g/mol. The lowest BCUT2D eigenvalue weighted by atomic mass is 10.1. The number of benzene rings is 1. The van der Waals surface area contributed by atoms with E-state index in [2.05, 4.69) is 21.2 Å². The number of rotatable bonds is 2. The second-order valence-electron chi connectivity index (χ2n) is 5.33. The number of nitrogens with zero attached hydrogens (tertiary/aromatic N) is 2. The fourth-order valence-corrected chi connectivity index (χ4v) is 3.51. The Hall–Kier alpha value is -2.79. The van der Waals surface area contributed by atoms with Crippen LogP contribution >= 0.6 is 11.3 Å². The highest BCUT2D eigenvalue weighted by Crippen LogP contribution is 2.34. The minimum Gasteiger partial charge on any atom is -0.267 e. The maximum absolute atomic E-state index is 11.9. The molecule has 0 unspecified atom stereocenters. The maximum Gasteiger partial charge on any atom is 0.272 e. The topological polar surface area (TPSA) is 58.6 Å². The zero-order chi connectivity index (χ0) is 15.8. The van der Waals surface area contributed by atoms with E-state index in [9.17, 15) is 4.79 Å². The molecule has 4 nitrogen and oxygen atoms in total. The van der Waals surface area contributed by atoms with Gasteiger partial charge in [-0.1, -0.05) is 24.3 Å². The Balaban J connectivity index is 1.85. The second kappa shape index (κ2) is 5.44. The number of nitrogens with one attached hydrogen (secondary N) is 1. The molecule has 0 saturated carbocycles. The molecule has 0 spiro atoms. The molecule has 0 aliphatic rings. The van der Waals surface area contributed by atoms with Gasteiger partial charge in [0.2, 0.25) is 0 Å². The van der Waals surface area contributed by atoms with Gasteiger partial charge in [-0.25, -0.2) is 5.10 Å². The summed E-state index contributed by atoms with van der Waals surface area (Å²) in [7, 11) is 0. The minimum atomic E-state index is -0.165. The normalized spacial score (nSPS) is 11.0. The van der Waals surface area contributed by atoms with E-state index in [1.807, 2.05) is 55.6 Å². The summed E-state index contributed by atoms with van der Waals surface area (Å²) in [6.45, 7) is 2.02. The molecule has 0 aliphatic heterocycles. The van der Waals surface area contributed by atoms with Crippen LogP contribution in [0.15, 0.2) is 59.5 Å². The Labute approximate surface area is 136 Å². The SMILES string of the molecule is Cc1ccc(-c2ccc(-c3n[nH]c(=O)c4ccccc34)s2)nc1. The predicted octanol–water partition coefficient (Wildman–Crippen LogP) is 4.02. The third-order valence-electron chi connectivity index (χ3n) is 3.70.